The number of methoxy groups -OCH3 is 2. The average molecular weight is 315 g/mol. The van der Waals surface area contributed by atoms with Gasteiger partial charge in [-0.2, -0.15) is 0 Å². The van der Waals surface area contributed by atoms with Crippen LogP contribution in [0.25, 0.3) is 0 Å². The monoisotopic (exact) mass is 315 g/mol. The van der Waals surface area contributed by atoms with Crippen molar-refractivity contribution in [2.75, 3.05) is 27.4 Å². The molecule has 0 fully saturated rings. The van der Waals surface area contributed by atoms with Crippen LogP contribution in [-0.4, -0.2) is 33.5 Å². The van der Waals surface area contributed by atoms with Gasteiger partial charge in [-0.3, -0.25) is 0 Å². The number of fused-ring (bicyclic) bond motifs is 1. The molecule has 0 saturated carbocycles. The summed E-state index contributed by atoms with van der Waals surface area (Å²) in [6.07, 6.45) is -0.0125. The lowest BCUT2D eigenvalue weighted by Crippen LogP contribution is -2.38. The maximum Gasteiger partial charge on any atom is 0.161 e. The number of rotatable bonds is 6. The van der Waals surface area contributed by atoms with Gasteiger partial charge in [-0.05, 0) is 30.3 Å². The summed E-state index contributed by atoms with van der Waals surface area (Å²) in [5.41, 5.74) is 1.05. The summed E-state index contributed by atoms with van der Waals surface area (Å²) < 4.78 is 22.3. The summed E-state index contributed by atoms with van der Waals surface area (Å²) in [7, 11) is 3.32. The minimum Gasteiger partial charge on any atom is -0.497 e. The second kappa shape index (κ2) is 7.24. The fourth-order valence-electron chi connectivity index (χ4n) is 2.55. The highest BCUT2D eigenvalue weighted by Crippen LogP contribution is 2.30. The van der Waals surface area contributed by atoms with Gasteiger partial charge in [-0.15, -0.1) is 0 Å². The third-order valence-electron chi connectivity index (χ3n) is 3.74. The maximum absolute atomic E-state index is 5.93. The normalized spacial score (nSPS) is 16.0. The molecule has 23 heavy (non-hydrogen) atoms. The highest BCUT2D eigenvalue weighted by atomic mass is 16.6. The van der Waals surface area contributed by atoms with Gasteiger partial charge in [-0.1, -0.05) is 12.1 Å². The van der Waals surface area contributed by atoms with Crippen molar-refractivity contribution in [1.29, 1.82) is 0 Å². The Kier molecular flexibility index (Phi) is 4.88. The highest BCUT2D eigenvalue weighted by Gasteiger charge is 2.20. The van der Waals surface area contributed by atoms with Crippen molar-refractivity contribution in [3.63, 3.8) is 0 Å². The smallest absolute Gasteiger partial charge is 0.161 e. The zero-order valence-corrected chi connectivity index (χ0v) is 13.4. The highest BCUT2D eigenvalue weighted by molar-refractivity contribution is 5.41. The number of benzene rings is 2. The van der Waals surface area contributed by atoms with Crippen LogP contribution in [0, 0.1) is 0 Å². The summed E-state index contributed by atoms with van der Waals surface area (Å²) in [6.45, 7) is 1.90. The van der Waals surface area contributed by atoms with Crippen LogP contribution in [0.2, 0.25) is 0 Å². The third-order valence-corrected chi connectivity index (χ3v) is 3.74. The Bertz CT molecular complexity index is 659. The van der Waals surface area contributed by atoms with Crippen LogP contribution in [0.1, 0.15) is 5.56 Å². The van der Waals surface area contributed by atoms with E-state index >= 15 is 0 Å². The van der Waals surface area contributed by atoms with E-state index in [-0.39, 0.29) is 6.10 Å². The van der Waals surface area contributed by atoms with E-state index < -0.39 is 0 Å². The lowest BCUT2D eigenvalue weighted by Gasteiger charge is -2.26. The molecular weight excluding hydrogens is 294 g/mol. The van der Waals surface area contributed by atoms with E-state index in [0.717, 1.165) is 28.6 Å². The predicted molar refractivity (Wildman–Crippen MR) is 87.6 cm³/mol. The van der Waals surface area contributed by atoms with E-state index in [1.807, 2.05) is 42.5 Å². The van der Waals surface area contributed by atoms with Gasteiger partial charge in [0.15, 0.2) is 11.5 Å². The van der Waals surface area contributed by atoms with Crippen LogP contribution in [0.5, 0.6) is 23.0 Å². The molecule has 1 aliphatic heterocycles. The Morgan fingerprint density at radius 1 is 1.09 bits per heavy atom. The summed E-state index contributed by atoms with van der Waals surface area (Å²) in [5, 5.41) is 3.39. The molecule has 1 atom stereocenters. The molecule has 0 spiro atoms. The molecule has 0 aliphatic carbocycles. The molecule has 0 amide bonds. The van der Waals surface area contributed by atoms with Gasteiger partial charge in [0.05, 0.1) is 14.2 Å². The van der Waals surface area contributed by atoms with E-state index in [9.17, 15) is 0 Å². The minimum atomic E-state index is -0.0125. The Balaban J connectivity index is 1.56. The topological polar surface area (TPSA) is 49.0 Å². The molecule has 2 aromatic rings. The number of nitrogens with one attached hydrogen (secondary N) is 1. The van der Waals surface area contributed by atoms with Crippen molar-refractivity contribution in [2.45, 2.75) is 12.6 Å². The molecular formula is C18H21NO4. The van der Waals surface area contributed by atoms with Crippen LogP contribution in [0.4, 0.5) is 0 Å². The Labute approximate surface area is 136 Å². The molecule has 1 unspecified atom stereocenters. The van der Waals surface area contributed by atoms with Crippen LogP contribution in [0.3, 0.4) is 0 Å². The minimum absolute atomic E-state index is 0.0125. The molecule has 0 radical (unpaired) electrons. The van der Waals surface area contributed by atoms with Crippen LogP contribution >= 0.6 is 0 Å². The van der Waals surface area contributed by atoms with Crippen LogP contribution < -0.4 is 24.3 Å². The lowest BCUT2D eigenvalue weighted by molar-refractivity contribution is 0.0902. The fraction of sp³-hybridized carbons (Fsp3) is 0.333. The molecule has 5 heteroatoms. The van der Waals surface area contributed by atoms with Gasteiger partial charge >= 0.3 is 0 Å². The first-order chi connectivity index (χ1) is 11.3. The van der Waals surface area contributed by atoms with E-state index in [1.54, 1.807) is 14.2 Å². The summed E-state index contributed by atoms with van der Waals surface area (Å²) in [4.78, 5) is 0. The summed E-state index contributed by atoms with van der Waals surface area (Å²) >= 11 is 0. The van der Waals surface area contributed by atoms with E-state index in [4.69, 9.17) is 18.9 Å². The van der Waals surface area contributed by atoms with Crippen molar-refractivity contribution >= 4 is 0 Å². The van der Waals surface area contributed by atoms with Gasteiger partial charge in [-0.25, -0.2) is 0 Å². The van der Waals surface area contributed by atoms with E-state index in [1.165, 1.54) is 0 Å². The van der Waals surface area contributed by atoms with Gasteiger partial charge in [0, 0.05) is 18.7 Å². The lowest BCUT2D eigenvalue weighted by atomic mass is 10.2. The molecule has 0 aromatic heterocycles. The molecule has 1 aliphatic rings. The van der Waals surface area contributed by atoms with Crippen molar-refractivity contribution in [3.05, 3.63) is 48.0 Å². The van der Waals surface area contributed by atoms with Crippen molar-refractivity contribution < 1.29 is 18.9 Å². The molecule has 1 N–H and O–H groups in total. The standard InChI is InChI=1S/C18H21NO4/c1-20-14-7-8-16(21-2)13(9-14)10-19-11-15-12-22-17-5-3-4-6-18(17)23-15/h3-9,15,19H,10-12H2,1-2H3. The van der Waals surface area contributed by atoms with Gasteiger partial charge in [0.1, 0.15) is 24.2 Å². The number of hydrogen-bond acceptors (Lipinski definition) is 5. The fourth-order valence-corrected chi connectivity index (χ4v) is 2.55. The van der Waals surface area contributed by atoms with Gasteiger partial charge in [0.2, 0.25) is 0 Å². The summed E-state index contributed by atoms with van der Waals surface area (Å²) in [5.74, 6) is 3.25. The first-order valence-corrected chi connectivity index (χ1v) is 7.60. The Morgan fingerprint density at radius 2 is 1.91 bits per heavy atom. The quantitative estimate of drug-likeness (QED) is 0.888. The Morgan fingerprint density at radius 3 is 2.70 bits per heavy atom. The number of para-hydroxylation sites is 2. The SMILES string of the molecule is COc1ccc(OC)c(CNCC2COc3ccccc3O2)c1. The molecule has 0 saturated heterocycles. The number of ether oxygens (including phenoxy) is 4. The zero-order valence-electron chi connectivity index (χ0n) is 13.4. The average Bonchev–Trinajstić information content (AvgIpc) is 2.61. The second-order valence-corrected chi connectivity index (χ2v) is 5.31. The van der Waals surface area contributed by atoms with Gasteiger partial charge in [0.25, 0.3) is 0 Å². The van der Waals surface area contributed by atoms with Gasteiger partial charge < -0.3 is 24.3 Å². The molecule has 1 heterocycles. The largest absolute Gasteiger partial charge is 0.497 e. The first-order valence-electron chi connectivity index (χ1n) is 7.60. The van der Waals surface area contributed by atoms with Crippen LogP contribution in [0.15, 0.2) is 42.5 Å². The van der Waals surface area contributed by atoms with E-state index in [2.05, 4.69) is 5.32 Å². The van der Waals surface area contributed by atoms with Crippen molar-refractivity contribution in [1.82, 2.24) is 5.32 Å². The van der Waals surface area contributed by atoms with Crippen molar-refractivity contribution in [3.8, 4) is 23.0 Å². The predicted octanol–water partition coefficient (Wildman–Crippen LogP) is 2.63. The first kappa shape index (κ1) is 15.5. The molecule has 0 bridgehead atoms. The Hall–Kier alpha value is -2.40. The third kappa shape index (κ3) is 3.68. The molecule has 3 rings (SSSR count). The second-order valence-electron chi connectivity index (χ2n) is 5.31. The van der Waals surface area contributed by atoms with Crippen LogP contribution in [-0.2, 0) is 6.54 Å². The maximum atomic E-state index is 5.93. The zero-order chi connectivity index (χ0) is 16.1. The van der Waals surface area contributed by atoms with E-state index in [0.29, 0.717) is 19.7 Å². The molecule has 5 nitrogen and oxygen atoms in total. The molecule has 122 valence electrons. The summed E-state index contributed by atoms with van der Waals surface area (Å²) in [6, 6.07) is 13.5. The number of hydrogen-bond donors (Lipinski definition) is 1. The van der Waals surface area contributed by atoms with Crippen molar-refractivity contribution in [2.24, 2.45) is 0 Å². The molecule has 2 aromatic carbocycles.